The number of nitrogen functional groups attached to an aromatic ring is 1. The van der Waals surface area contributed by atoms with Gasteiger partial charge in [-0.3, -0.25) is 9.20 Å². The number of aliphatic imine (C=N–C) groups is 1. The molecule has 0 radical (unpaired) electrons. The van der Waals surface area contributed by atoms with E-state index in [1.165, 1.54) is 18.2 Å². The highest BCUT2D eigenvalue weighted by molar-refractivity contribution is 7.86. The number of nitrogens with two attached hydrogens (primary N) is 2. The molecule has 17 heavy (non-hydrogen) atoms. The van der Waals surface area contributed by atoms with E-state index in [1.807, 2.05) is 0 Å². The number of amidine groups is 1. The summed E-state index contributed by atoms with van der Waals surface area (Å²) in [5.41, 5.74) is 12.1. The number of halogens is 1. The predicted molar refractivity (Wildman–Crippen MR) is 67.6 cm³/mol. The maximum atomic E-state index is 13.6. The molecule has 0 aliphatic carbocycles. The summed E-state index contributed by atoms with van der Waals surface area (Å²) in [7, 11) is -1.12. The molecule has 92 valence electrons. The summed E-state index contributed by atoms with van der Waals surface area (Å²) in [5, 5.41) is -0.268. The first-order valence-electron chi connectivity index (χ1n) is 5.24. The zero-order chi connectivity index (χ0) is 12.6. The molecule has 0 aromatic heterocycles. The third-order valence-electron chi connectivity index (χ3n) is 2.82. The van der Waals surface area contributed by atoms with Crippen molar-refractivity contribution in [2.45, 2.75) is 18.2 Å². The number of hydrogen-bond donors (Lipinski definition) is 2. The minimum absolute atomic E-state index is 0.268. The van der Waals surface area contributed by atoms with Gasteiger partial charge in [0.25, 0.3) is 0 Å². The second-order valence-electron chi connectivity index (χ2n) is 4.04. The van der Waals surface area contributed by atoms with E-state index in [1.54, 1.807) is 6.92 Å². The van der Waals surface area contributed by atoms with Gasteiger partial charge in [0, 0.05) is 22.1 Å². The number of benzene rings is 1. The summed E-state index contributed by atoms with van der Waals surface area (Å²) >= 11 is 0. The SMILES string of the molecule is CC1C(N)=NC(c2cc(N)ccc2F)CS1=O. The first kappa shape index (κ1) is 12.0. The standard InChI is InChI=1S/C11H14FN3OS/c1-6-11(14)15-10(5-17(6)16)8-4-7(13)2-3-9(8)12/h2-4,6,10H,5,13H2,1H3,(H2,14,15). The van der Waals surface area contributed by atoms with Crippen LogP contribution in [-0.2, 0) is 10.8 Å². The summed E-state index contributed by atoms with van der Waals surface area (Å²) in [4.78, 5) is 4.19. The molecule has 1 aromatic rings. The van der Waals surface area contributed by atoms with Crippen molar-refractivity contribution in [3.8, 4) is 0 Å². The fourth-order valence-corrected chi connectivity index (χ4v) is 2.92. The van der Waals surface area contributed by atoms with Gasteiger partial charge < -0.3 is 11.5 Å². The lowest BCUT2D eigenvalue weighted by Gasteiger charge is -2.23. The second-order valence-corrected chi connectivity index (χ2v) is 5.84. The summed E-state index contributed by atoms with van der Waals surface area (Å²) < 4.78 is 25.4. The Kier molecular flexibility index (Phi) is 3.15. The van der Waals surface area contributed by atoms with Crippen LogP contribution in [0.25, 0.3) is 0 Å². The second kappa shape index (κ2) is 4.44. The van der Waals surface area contributed by atoms with Gasteiger partial charge in [-0.15, -0.1) is 0 Å². The lowest BCUT2D eigenvalue weighted by molar-refractivity contribution is 0.591. The minimum Gasteiger partial charge on any atom is -0.399 e. The average Bonchev–Trinajstić information content (AvgIpc) is 2.28. The van der Waals surface area contributed by atoms with Crippen molar-refractivity contribution in [3.63, 3.8) is 0 Å². The predicted octanol–water partition coefficient (Wildman–Crippen LogP) is 0.957. The maximum absolute atomic E-state index is 13.6. The fraction of sp³-hybridized carbons (Fsp3) is 0.364. The van der Waals surface area contributed by atoms with Crippen molar-refractivity contribution in [1.29, 1.82) is 0 Å². The molecule has 2 rings (SSSR count). The molecular weight excluding hydrogens is 241 g/mol. The quantitative estimate of drug-likeness (QED) is 0.733. The van der Waals surface area contributed by atoms with Crippen LogP contribution < -0.4 is 11.5 Å². The van der Waals surface area contributed by atoms with Gasteiger partial charge in [0.05, 0.1) is 17.0 Å². The highest BCUT2D eigenvalue weighted by atomic mass is 32.2. The van der Waals surface area contributed by atoms with Gasteiger partial charge in [-0.2, -0.15) is 0 Å². The number of rotatable bonds is 1. The largest absolute Gasteiger partial charge is 0.399 e. The van der Waals surface area contributed by atoms with E-state index in [0.29, 0.717) is 17.1 Å². The summed E-state index contributed by atoms with van der Waals surface area (Å²) in [6.45, 7) is 1.75. The Bertz CT molecular complexity index is 503. The molecule has 1 heterocycles. The molecule has 0 saturated heterocycles. The van der Waals surface area contributed by atoms with Gasteiger partial charge in [-0.1, -0.05) is 0 Å². The third kappa shape index (κ3) is 2.31. The van der Waals surface area contributed by atoms with E-state index in [2.05, 4.69) is 4.99 Å². The van der Waals surface area contributed by atoms with E-state index < -0.39 is 22.7 Å². The fourth-order valence-electron chi connectivity index (χ4n) is 1.73. The van der Waals surface area contributed by atoms with Crippen molar-refractivity contribution in [3.05, 3.63) is 29.6 Å². The number of hydrogen-bond acceptors (Lipinski definition) is 4. The van der Waals surface area contributed by atoms with Crippen molar-refractivity contribution < 1.29 is 8.60 Å². The highest BCUT2D eigenvalue weighted by Gasteiger charge is 2.28. The number of anilines is 1. The van der Waals surface area contributed by atoms with E-state index in [4.69, 9.17) is 11.5 Å². The molecule has 0 spiro atoms. The van der Waals surface area contributed by atoms with E-state index in [9.17, 15) is 8.60 Å². The first-order chi connectivity index (χ1) is 7.99. The lowest BCUT2D eigenvalue weighted by Crippen LogP contribution is -2.37. The van der Waals surface area contributed by atoms with Gasteiger partial charge in [-0.05, 0) is 25.1 Å². The lowest BCUT2D eigenvalue weighted by atomic mass is 10.1. The summed E-state index contributed by atoms with van der Waals surface area (Å²) in [6.07, 6.45) is 0. The van der Waals surface area contributed by atoms with Crippen LogP contribution in [0.4, 0.5) is 10.1 Å². The molecule has 1 aliphatic rings. The van der Waals surface area contributed by atoms with Gasteiger partial charge in [0.1, 0.15) is 11.7 Å². The van der Waals surface area contributed by atoms with E-state index in [-0.39, 0.29) is 11.0 Å². The molecule has 4 nitrogen and oxygen atoms in total. The Balaban J connectivity index is 2.41. The molecule has 3 unspecified atom stereocenters. The van der Waals surface area contributed by atoms with Gasteiger partial charge >= 0.3 is 0 Å². The zero-order valence-electron chi connectivity index (χ0n) is 9.39. The van der Waals surface area contributed by atoms with Crippen LogP contribution in [0.15, 0.2) is 23.2 Å². The van der Waals surface area contributed by atoms with Crippen LogP contribution in [-0.4, -0.2) is 21.0 Å². The molecule has 1 aliphatic heterocycles. The molecule has 0 bridgehead atoms. The summed E-state index contributed by atoms with van der Waals surface area (Å²) in [6, 6.07) is 3.78. The number of nitrogens with zero attached hydrogens (tertiary/aromatic N) is 1. The highest BCUT2D eigenvalue weighted by Crippen LogP contribution is 2.27. The average molecular weight is 255 g/mol. The van der Waals surface area contributed by atoms with E-state index >= 15 is 0 Å². The Labute approximate surface area is 101 Å². The van der Waals surface area contributed by atoms with Crippen molar-refractivity contribution >= 4 is 22.3 Å². The van der Waals surface area contributed by atoms with Crippen LogP contribution in [0.2, 0.25) is 0 Å². The summed E-state index contributed by atoms with van der Waals surface area (Å²) in [5.74, 6) is 0.191. The molecule has 4 N–H and O–H groups in total. The first-order valence-corrected chi connectivity index (χ1v) is 6.62. The normalized spacial score (nSPS) is 28.8. The maximum Gasteiger partial charge on any atom is 0.128 e. The Morgan fingerprint density at radius 2 is 2.18 bits per heavy atom. The molecule has 0 fully saturated rings. The van der Waals surface area contributed by atoms with Crippen LogP contribution >= 0.6 is 0 Å². The Hall–Kier alpha value is -1.43. The topological polar surface area (TPSA) is 81.5 Å². The monoisotopic (exact) mass is 255 g/mol. The van der Waals surface area contributed by atoms with Crippen molar-refractivity contribution in [1.82, 2.24) is 0 Å². The Morgan fingerprint density at radius 3 is 2.82 bits per heavy atom. The molecule has 6 heteroatoms. The smallest absolute Gasteiger partial charge is 0.128 e. The van der Waals surface area contributed by atoms with Crippen LogP contribution in [0.1, 0.15) is 18.5 Å². The molecule has 0 saturated carbocycles. The van der Waals surface area contributed by atoms with Crippen molar-refractivity contribution in [2.75, 3.05) is 11.5 Å². The van der Waals surface area contributed by atoms with Crippen LogP contribution in [0.5, 0.6) is 0 Å². The van der Waals surface area contributed by atoms with Crippen molar-refractivity contribution in [2.24, 2.45) is 10.7 Å². The van der Waals surface area contributed by atoms with E-state index in [0.717, 1.165) is 0 Å². The molecule has 1 aromatic carbocycles. The molecular formula is C11H14FN3OS. The molecule has 3 atom stereocenters. The zero-order valence-corrected chi connectivity index (χ0v) is 10.2. The Morgan fingerprint density at radius 1 is 1.47 bits per heavy atom. The van der Waals surface area contributed by atoms with Gasteiger partial charge in [0.15, 0.2) is 0 Å². The van der Waals surface area contributed by atoms with Gasteiger partial charge in [0.2, 0.25) is 0 Å². The van der Waals surface area contributed by atoms with Crippen LogP contribution in [0.3, 0.4) is 0 Å². The minimum atomic E-state index is -1.12. The van der Waals surface area contributed by atoms with Gasteiger partial charge in [-0.25, -0.2) is 4.39 Å². The molecule has 0 amide bonds. The third-order valence-corrected chi connectivity index (χ3v) is 4.49. The van der Waals surface area contributed by atoms with Crippen LogP contribution in [0, 0.1) is 5.82 Å².